The van der Waals surface area contributed by atoms with E-state index >= 15 is 0 Å². The van der Waals surface area contributed by atoms with E-state index in [-0.39, 0.29) is 21.1 Å². The summed E-state index contributed by atoms with van der Waals surface area (Å²) in [5.74, 6) is 0. The Morgan fingerprint density at radius 1 is 0.538 bits per heavy atom. The zero-order valence-electron chi connectivity index (χ0n) is 8.73. The van der Waals surface area contributed by atoms with Crippen molar-refractivity contribution in [2.75, 3.05) is 0 Å². The zero-order valence-corrected chi connectivity index (χ0v) is 11.6. The summed E-state index contributed by atoms with van der Waals surface area (Å²) >= 11 is 0.0367. The molecule has 72 valence electrons. The predicted molar refractivity (Wildman–Crippen MR) is 59.4 cm³/mol. The molecule has 0 amide bonds. The number of rotatable bonds is 2. The van der Waals surface area contributed by atoms with Crippen molar-refractivity contribution in [1.82, 2.24) is 0 Å². The van der Waals surface area contributed by atoms with Gasteiger partial charge in [0.15, 0.2) is 0 Å². The van der Waals surface area contributed by atoms with Gasteiger partial charge < -0.3 is 0 Å². The van der Waals surface area contributed by atoms with E-state index in [0.29, 0.717) is 0 Å². The molecular formula is C12H22Sn+2. The Labute approximate surface area is 93.1 Å². The van der Waals surface area contributed by atoms with Gasteiger partial charge in [-0.1, -0.05) is 0 Å². The average Bonchev–Trinajstić information content (AvgIpc) is 2.21. The van der Waals surface area contributed by atoms with Crippen LogP contribution in [0.15, 0.2) is 0 Å². The van der Waals surface area contributed by atoms with E-state index in [9.17, 15) is 0 Å². The molecular weight excluding hydrogens is 263 g/mol. The van der Waals surface area contributed by atoms with Gasteiger partial charge in [0, 0.05) is 0 Å². The summed E-state index contributed by atoms with van der Waals surface area (Å²) in [7, 11) is 0. The fourth-order valence-electron chi connectivity index (χ4n) is 2.87. The summed E-state index contributed by atoms with van der Waals surface area (Å²) in [6.07, 6.45) is 15.9. The number of hydrogen-bond acceptors (Lipinski definition) is 0. The summed E-state index contributed by atoms with van der Waals surface area (Å²) in [5, 5.41) is 0. The Balaban J connectivity index is 1.69. The molecule has 0 bridgehead atoms. The van der Waals surface area contributed by atoms with Crippen LogP contribution in [-0.2, 0) is 0 Å². The molecule has 0 radical (unpaired) electrons. The van der Waals surface area contributed by atoms with Crippen LogP contribution in [0.3, 0.4) is 0 Å². The molecule has 0 N–H and O–H groups in total. The van der Waals surface area contributed by atoms with E-state index in [0.717, 1.165) is 0 Å². The molecule has 0 aromatic heterocycles. The molecule has 2 rings (SSSR count). The summed E-state index contributed by atoms with van der Waals surface area (Å²) in [5.41, 5.74) is 0. The zero-order chi connectivity index (χ0) is 8.93. The Hall–Kier alpha value is 0.799. The molecule has 0 aliphatic heterocycles. The van der Waals surface area contributed by atoms with Crippen LogP contribution in [0.25, 0.3) is 0 Å². The van der Waals surface area contributed by atoms with Crippen molar-refractivity contribution in [3.8, 4) is 0 Å². The molecule has 0 heterocycles. The van der Waals surface area contributed by atoms with Crippen LogP contribution in [0.2, 0.25) is 7.87 Å². The van der Waals surface area contributed by atoms with Crippen LogP contribution >= 0.6 is 0 Å². The van der Waals surface area contributed by atoms with Gasteiger partial charge in [-0.25, -0.2) is 0 Å². The normalized spacial score (nSPS) is 27.1. The molecule has 0 aromatic carbocycles. The second-order valence-corrected chi connectivity index (χ2v) is 10.4. The van der Waals surface area contributed by atoms with E-state index in [1.807, 2.05) is 0 Å². The monoisotopic (exact) mass is 286 g/mol. The quantitative estimate of drug-likeness (QED) is 0.667. The Morgan fingerprint density at radius 3 is 1.31 bits per heavy atom. The average molecular weight is 285 g/mol. The van der Waals surface area contributed by atoms with Gasteiger partial charge in [-0.2, -0.15) is 0 Å². The van der Waals surface area contributed by atoms with Crippen LogP contribution in [0, 0.1) is 0 Å². The minimum absolute atomic E-state index is 0.0367. The first-order chi connectivity index (χ1) is 6.45. The third-order valence-corrected chi connectivity index (χ3v) is 9.67. The van der Waals surface area contributed by atoms with Crippen LogP contribution in [-0.4, -0.2) is 21.1 Å². The second kappa shape index (κ2) is 5.62. The molecule has 0 atom stereocenters. The summed E-state index contributed by atoms with van der Waals surface area (Å²) in [6, 6.07) is 0. The summed E-state index contributed by atoms with van der Waals surface area (Å²) in [6.45, 7) is 0. The summed E-state index contributed by atoms with van der Waals surface area (Å²) in [4.78, 5) is 0. The van der Waals surface area contributed by atoms with Gasteiger partial charge in [-0.05, 0) is 0 Å². The van der Waals surface area contributed by atoms with E-state index in [2.05, 4.69) is 0 Å². The van der Waals surface area contributed by atoms with E-state index in [1.54, 1.807) is 64.2 Å². The van der Waals surface area contributed by atoms with Crippen LogP contribution < -0.4 is 0 Å². The Bertz CT molecular complexity index is 116. The van der Waals surface area contributed by atoms with Crippen LogP contribution in [0.4, 0.5) is 0 Å². The molecule has 13 heavy (non-hydrogen) atoms. The molecule has 0 unspecified atom stereocenters. The van der Waals surface area contributed by atoms with Crippen molar-refractivity contribution in [2.24, 2.45) is 0 Å². The molecule has 2 aliphatic carbocycles. The first-order valence-electron chi connectivity index (χ1n) is 6.21. The van der Waals surface area contributed by atoms with Crippen molar-refractivity contribution in [3.63, 3.8) is 0 Å². The first kappa shape index (κ1) is 10.3. The van der Waals surface area contributed by atoms with Gasteiger partial charge >= 0.3 is 93.2 Å². The van der Waals surface area contributed by atoms with Gasteiger partial charge in [0.25, 0.3) is 0 Å². The SMILES string of the molecule is C1CC[CH]([Sn+2][CH]2CCCCC2)CC1. The Kier molecular flexibility index (Phi) is 4.47. The third-order valence-electron chi connectivity index (χ3n) is 3.68. The molecule has 0 spiro atoms. The van der Waals surface area contributed by atoms with E-state index in [1.165, 1.54) is 7.87 Å². The van der Waals surface area contributed by atoms with E-state index < -0.39 is 0 Å². The van der Waals surface area contributed by atoms with Gasteiger partial charge in [0.05, 0.1) is 0 Å². The van der Waals surface area contributed by atoms with E-state index in [4.69, 9.17) is 0 Å². The van der Waals surface area contributed by atoms with Crippen molar-refractivity contribution in [3.05, 3.63) is 0 Å². The van der Waals surface area contributed by atoms with Crippen molar-refractivity contribution in [1.29, 1.82) is 0 Å². The molecule has 0 nitrogen and oxygen atoms in total. The van der Waals surface area contributed by atoms with Gasteiger partial charge in [-0.15, -0.1) is 0 Å². The molecule has 1 heteroatoms. The van der Waals surface area contributed by atoms with Crippen molar-refractivity contribution in [2.45, 2.75) is 72.1 Å². The van der Waals surface area contributed by atoms with Gasteiger partial charge in [0.2, 0.25) is 0 Å². The van der Waals surface area contributed by atoms with Gasteiger partial charge in [-0.3, -0.25) is 0 Å². The topological polar surface area (TPSA) is 0 Å². The summed E-state index contributed by atoms with van der Waals surface area (Å²) < 4.78 is 2.58. The Morgan fingerprint density at radius 2 is 0.923 bits per heavy atom. The predicted octanol–water partition coefficient (Wildman–Crippen LogP) is 4.20. The maximum absolute atomic E-state index is 1.63. The maximum atomic E-state index is 1.63. The van der Waals surface area contributed by atoms with Crippen LogP contribution in [0.5, 0.6) is 0 Å². The molecule has 0 aromatic rings. The first-order valence-corrected chi connectivity index (χ1v) is 9.51. The molecule has 2 saturated carbocycles. The molecule has 0 saturated heterocycles. The molecule has 2 aliphatic rings. The molecule has 2 fully saturated rings. The fourth-order valence-corrected chi connectivity index (χ4v) is 9.01. The number of hydrogen-bond donors (Lipinski definition) is 0. The van der Waals surface area contributed by atoms with Crippen LogP contribution in [0.1, 0.15) is 64.2 Å². The standard InChI is InChI=1S/2C6H11.Sn/c2*1-2-4-6-5-3-1;/h2*1H,2-6H2;/q;;+2. The van der Waals surface area contributed by atoms with Crippen molar-refractivity contribution < 1.29 is 0 Å². The fraction of sp³-hybridized carbons (Fsp3) is 1.00. The third kappa shape index (κ3) is 3.45. The van der Waals surface area contributed by atoms with Crippen molar-refractivity contribution >= 4 is 21.1 Å². The van der Waals surface area contributed by atoms with Gasteiger partial charge in [0.1, 0.15) is 0 Å². The second-order valence-electron chi connectivity index (χ2n) is 4.84. The minimum atomic E-state index is 0.0367.